The van der Waals surface area contributed by atoms with Crippen LogP contribution in [0.5, 0.6) is 0 Å². The van der Waals surface area contributed by atoms with Crippen molar-refractivity contribution in [2.75, 3.05) is 0 Å². The van der Waals surface area contributed by atoms with E-state index in [0.717, 1.165) is 30.0 Å². The standard InChI is InChI=1S/C16H20O3S.K/c1-3-6-12-8-5-9-13-11-16(20(17,18)19)14(7-4-2)10-15(12)13;/h5,8-11H,3-4,6-7H2,1-2H3,(H,17,18,19);/q;+1/p-1. The first kappa shape index (κ1) is 19.3. The van der Waals surface area contributed by atoms with Crippen molar-refractivity contribution in [2.45, 2.75) is 44.4 Å². The van der Waals surface area contributed by atoms with Crippen LogP contribution in [-0.2, 0) is 23.0 Å². The molecule has 0 radical (unpaired) electrons. The van der Waals surface area contributed by atoms with E-state index in [1.165, 1.54) is 11.6 Å². The molecular formula is C16H19KO3S. The van der Waals surface area contributed by atoms with Crippen LogP contribution in [0.25, 0.3) is 10.8 Å². The van der Waals surface area contributed by atoms with Gasteiger partial charge in [0.1, 0.15) is 10.1 Å². The average Bonchev–Trinajstić information content (AvgIpc) is 2.38. The van der Waals surface area contributed by atoms with E-state index in [0.29, 0.717) is 12.0 Å². The van der Waals surface area contributed by atoms with Crippen LogP contribution in [0, 0.1) is 0 Å². The molecule has 21 heavy (non-hydrogen) atoms. The van der Waals surface area contributed by atoms with E-state index in [4.69, 9.17) is 0 Å². The summed E-state index contributed by atoms with van der Waals surface area (Å²) in [7, 11) is -4.42. The van der Waals surface area contributed by atoms with Crippen molar-refractivity contribution in [3.63, 3.8) is 0 Å². The predicted octanol–water partition coefficient (Wildman–Crippen LogP) is 0.653. The number of benzene rings is 2. The van der Waals surface area contributed by atoms with Crippen molar-refractivity contribution in [1.29, 1.82) is 0 Å². The molecule has 2 rings (SSSR count). The first-order valence-electron chi connectivity index (χ1n) is 6.97. The number of fused-ring (bicyclic) bond motifs is 1. The van der Waals surface area contributed by atoms with Gasteiger partial charge in [0.05, 0.1) is 4.90 Å². The van der Waals surface area contributed by atoms with Crippen LogP contribution in [0.3, 0.4) is 0 Å². The molecule has 3 nitrogen and oxygen atoms in total. The molecule has 0 unspecified atom stereocenters. The molecule has 0 aromatic heterocycles. The van der Waals surface area contributed by atoms with Gasteiger partial charge in [-0.05, 0) is 46.9 Å². The Bertz CT molecular complexity index is 724. The maximum Gasteiger partial charge on any atom is 1.00 e. The summed E-state index contributed by atoms with van der Waals surface area (Å²) in [5.41, 5.74) is 1.84. The quantitative estimate of drug-likeness (QED) is 0.597. The van der Waals surface area contributed by atoms with Gasteiger partial charge in [0.2, 0.25) is 0 Å². The summed E-state index contributed by atoms with van der Waals surface area (Å²) >= 11 is 0. The molecule has 0 spiro atoms. The first-order valence-corrected chi connectivity index (χ1v) is 8.38. The SMILES string of the molecule is CCCc1cc2c(CCC)cccc2cc1S(=O)(=O)[O-].[K+]. The van der Waals surface area contributed by atoms with E-state index >= 15 is 0 Å². The van der Waals surface area contributed by atoms with Gasteiger partial charge >= 0.3 is 51.4 Å². The molecule has 108 valence electrons. The van der Waals surface area contributed by atoms with E-state index in [1.54, 1.807) is 0 Å². The summed E-state index contributed by atoms with van der Waals surface area (Å²) in [4.78, 5) is -0.0690. The zero-order valence-electron chi connectivity index (χ0n) is 12.8. The van der Waals surface area contributed by atoms with Crippen LogP contribution in [0.1, 0.15) is 37.8 Å². The van der Waals surface area contributed by atoms with Gasteiger partial charge in [0, 0.05) is 0 Å². The van der Waals surface area contributed by atoms with Gasteiger partial charge in [-0.15, -0.1) is 0 Å². The molecule has 0 saturated heterocycles. The summed E-state index contributed by atoms with van der Waals surface area (Å²) < 4.78 is 34.3. The minimum atomic E-state index is -4.42. The fraction of sp³-hybridized carbons (Fsp3) is 0.375. The Labute approximate surface area is 169 Å². The minimum Gasteiger partial charge on any atom is -0.744 e. The second-order valence-electron chi connectivity index (χ2n) is 5.05. The molecule has 0 bridgehead atoms. The van der Waals surface area contributed by atoms with Gasteiger partial charge in [-0.1, -0.05) is 44.9 Å². The zero-order chi connectivity index (χ0) is 14.8. The fourth-order valence-electron chi connectivity index (χ4n) is 2.60. The third-order valence-corrected chi connectivity index (χ3v) is 4.38. The van der Waals surface area contributed by atoms with Crippen molar-refractivity contribution in [3.05, 3.63) is 41.5 Å². The Morgan fingerprint density at radius 2 is 1.62 bits per heavy atom. The largest absolute Gasteiger partial charge is 1.00 e. The molecule has 0 atom stereocenters. The summed E-state index contributed by atoms with van der Waals surface area (Å²) in [6.07, 6.45) is 3.40. The van der Waals surface area contributed by atoms with Crippen LogP contribution >= 0.6 is 0 Å². The van der Waals surface area contributed by atoms with Crippen molar-refractivity contribution < 1.29 is 64.4 Å². The van der Waals surface area contributed by atoms with Crippen molar-refractivity contribution >= 4 is 20.9 Å². The van der Waals surface area contributed by atoms with Gasteiger partial charge in [-0.3, -0.25) is 0 Å². The van der Waals surface area contributed by atoms with E-state index in [9.17, 15) is 13.0 Å². The van der Waals surface area contributed by atoms with E-state index < -0.39 is 10.1 Å². The van der Waals surface area contributed by atoms with Gasteiger partial charge in [-0.2, -0.15) is 0 Å². The number of rotatable bonds is 5. The Morgan fingerprint density at radius 1 is 1.00 bits per heavy atom. The topological polar surface area (TPSA) is 57.2 Å². The van der Waals surface area contributed by atoms with Crippen LogP contribution < -0.4 is 51.4 Å². The van der Waals surface area contributed by atoms with Crippen LogP contribution in [-0.4, -0.2) is 13.0 Å². The second-order valence-corrected chi connectivity index (χ2v) is 6.40. The van der Waals surface area contributed by atoms with E-state index in [1.807, 2.05) is 25.1 Å². The summed E-state index contributed by atoms with van der Waals surface area (Å²) in [5, 5.41) is 1.88. The molecule has 0 saturated carbocycles. The van der Waals surface area contributed by atoms with Crippen LogP contribution in [0.15, 0.2) is 35.2 Å². The normalized spacial score (nSPS) is 11.4. The molecular weight excluding hydrogens is 311 g/mol. The Balaban J connectivity index is 0.00000220. The van der Waals surface area contributed by atoms with Crippen molar-refractivity contribution in [1.82, 2.24) is 0 Å². The molecule has 0 aliphatic carbocycles. The molecule has 0 N–H and O–H groups in total. The van der Waals surface area contributed by atoms with E-state index in [2.05, 4.69) is 13.0 Å². The molecule has 2 aromatic carbocycles. The summed E-state index contributed by atoms with van der Waals surface area (Å²) in [6, 6.07) is 9.25. The van der Waals surface area contributed by atoms with Gasteiger partial charge in [0.15, 0.2) is 0 Å². The zero-order valence-corrected chi connectivity index (χ0v) is 16.8. The molecule has 2 aromatic rings. The number of hydrogen-bond acceptors (Lipinski definition) is 3. The fourth-order valence-corrected chi connectivity index (χ4v) is 3.35. The predicted molar refractivity (Wildman–Crippen MR) is 79.9 cm³/mol. The number of hydrogen-bond donors (Lipinski definition) is 0. The maximum atomic E-state index is 11.4. The van der Waals surface area contributed by atoms with Crippen molar-refractivity contribution in [2.24, 2.45) is 0 Å². The number of aryl methyl sites for hydroxylation is 2. The Kier molecular flexibility index (Phi) is 7.53. The first-order chi connectivity index (χ1) is 9.47. The van der Waals surface area contributed by atoms with Gasteiger partial charge < -0.3 is 4.55 Å². The molecule has 0 heterocycles. The summed E-state index contributed by atoms with van der Waals surface area (Å²) in [6.45, 7) is 4.09. The Hall–Kier alpha value is 0.246. The van der Waals surface area contributed by atoms with Crippen LogP contribution in [0.2, 0.25) is 0 Å². The van der Waals surface area contributed by atoms with Crippen molar-refractivity contribution in [3.8, 4) is 0 Å². The van der Waals surface area contributed by atoms with Crippen LogP contribution in [0.4, 0.5) is 0 Å². The molecule has 0 aliphatic heterocycles. The third-order valence-electron chi connectivity index (χ3n) is 3.46. The minimum absolute atomic E-state index is 0. The maximum absolute atomic E-state index is 11.4. The Morgan fingerprint density at radius 3 is 2.19 bits per heavy atom. The second kappa shape index (κ2) is 8.20. The smallest absolute Gasteiger partial charge is 0.744 e. The third kappa shape index (κ3) is 4.61. The monoisotopic (exact) mass is 330 g/mol. The van der Waals surface area contributed by atoms with Gasteiger partial charge in [-0.25, -0.2) is 8.42 Å². The average molecular weight is 330 g/mol. The molecule has 0 amide bonds. The van der Waals surface area contributed by atoms with Gasteiger partial charge in [0.25, 0.3) is 0 Å². The molecule has 0 aliphatic rings. The van der Waals surface area contributed by atoms with E-state index in [-0.39, 0.29) is 56.3 Å². The summed E-state index contributed by atoms with van der Waals surface area (Å²) in [5.74, 6) is 0. The molecule has 5 heteroatoms. The molecule has 0 fully saturated rings.